The van der Waals surface area contributed by atoms with Gasteiger partial charge in [0.1, 0.15) is 11.6 Å². The number of nitrogens with zero attached hydrogens (tertiary/aromatic N) is 3. The molecule has 10 heteroatoms. The van der Waals surface area contributed by atoms with Gasteiger partial charge in [-0.1, -0.05) is 28.1 Å². The van der Waals surface area contributed by atoms with Gasteiger partial charge in [0.15, 0.2) is 0 Å². The number of allylic oxidation sites excluding steroid dienone is 2. The average molecular weight is 493 g/mol. The number of nitrogen functional groups attached to an aromatic ring is 1. The SMILES string of the molecule is C/C(=C(\CCC(=O)O)SC(=O)c1cccc(Br)c1)N(C=O)Cc1cnc(C)nc1N. The van der Waals surface area contributed by atoms with E-state index in [1.807, 2.05) is 0 Å². The van der Waals surface area contributed by atoms with E-state index in [0.717, 1.165) is 16.2 Å². The summed E-state index contributed by atoms with van der Waals surface area (Å²) in [6.07, 6.45) is 2.08. The predicted octanol–water partition coefficient (Wildman–Crippen LogP) is 3.76. The summed E-state index contributed by atoms with van der Waals surface area (Å²) in [5, 5.41) is 8.84. The van der Waals surface area contributed by atoms with Crippen LogP contribution in [0.15, 0.2) is 45.5 Å². The second-order valence-electron chi connectivity index (χ2n) is 6.36. The third-order valence-corrected chi connectivity index (χ3v) is 5.82. The molecule has 0 atom stereocenters. The van der Waals surface area contributed by atoms with Gasteiger partial charge in [0.05, 0.1) is 6.54 Å². The van der Waals surface area contributed by atoms with Gasteiger partial charge in [-0.05, 0) is 44.2 Å². The summed E-state index contributed by atoms with van der Waals surface area (Å²) in [6.45, 7) is 3.47. The molecule has 0 radical (unpaired) electrons. The van der Waals surface area contributed by atoms with Crippen LogP contribution in [0.1, 0.15) is 41.5 Å². The van der Waals surface area contributed by atoms with Crippen molar-refractivity contribution in [2.24, 2.45) is 0 Å². The second kappa shape index (κ2) is 10.9. The Morgan fingerprint density at radius 2 is 2.07 bits per heavy atom. The number of amides is 1. The number of benzene rings is 1. The van der Waals surface area contributed by atoms with Crippen LogP contribution >= 0.6 is 27.7 Å². The molecule has 2 rings (SSSR count). The number of hydrogen-bond acceptors (Lipinski definition) is 7. The Morgan fingerprint density at radius 1 is 1.33 bits per heavy atom. The third kappa shape index (κ3) is 6.67. The topological polar surface area (TPSA) is 126 Å². The number of anilines is 1. The minimum Gasteiger partial charge on any atom is -0.481 e. The van der Waals surface area contributed by atoms with Gasteiger partial charge in [0, 0.05) is 38.8 Å². The van der Waals surface area contributed by atoms with E-state index in [9.17, 15) is 14.4 Å². The Balaban J connectivity index is 2.33. The normalized spacial score (nSPS) is 11.6. The quantitative estimate of drug-likeness (QED) is 0.506. The van der Waals surface area contributed by atoms with Crippen molar-refractivity contribution in [1.82, 2.24) is 14.9 Å². The number of nitrogens with two attached hydrogens (primary N) is 1. The molecule has 0 saturated heterocycles. The molecule has 0 aliphatic heterocycles. The van der Waals surface area contributed by atoms with Gasteiger partial charge in [0.2, 0.25) is 11.5 Å². The number of halogens is 1. The molecule has 0 fully saturated rings. The molecule has 158 valence electrons. The van der Waals surface area contributed by atoms with E-state index >= 15 is 0 Å². The molecule has 30 heavy (non-hydrogen) atoms. The van der Waals surface area contributed by atoms with Crippen LogP contribution in [-0.4, -0.2) is 37.5 Å². The Labute approximate surface area is 186 Å². The van der Waals surface area contributed by atoms with Crippen LogP contribution in [0.3, 0.4) is 0 Å². The van der Waals surface area contributed by atoms with Crippen LogP contribution in [0.2, 0.25) is 0 Å². The van der Waals surface area contributed by atoms with Crippen molar-refractivity contribution in [3.05, 3.63) is 62.5 Å². The fraction of sp³-hybridized carbons (Fsp3) is 0.250. The van der Waals surface area contributed by atoms with Gasteiger partial charge in [-0.25, -0.2) is 9.97 Å². The standard InChI is InChI=1S/C20H21BrN4O4S/c1-12(25(11-26)10-15-9-23-13(2)24-19(15)22)17(6-7-18(27)28)30-20(29)14-4-3-5-16(21)8-14/h3-5,8-9,11H,6-7,10H2,1-2H3,(H,27,28)(H2,22,23,24)/b17-12-. The lowest BCUT2D eigenvalue weighted by molar-refractivity contribution is -0.136. The maximum atomic E-state index is 12.7. The van der Waals surface area contributed by atoms with E-state index in [1.54, 1.807) is 38.1 Å². The monoisotopic (exact) mass is 492 g/mol. The summed E-state index contributed by atoms with van der Waals surface area (Å²) in [7, 11) is 0. The fourth-order valence-corrected chi connectivity index (χ4v) is 3.86. The number of aromatic nitrogens is 2. The zero-order valence-electron chi connectivity index (χ0n) is 16.5. The molecule has 1 amide bonds. The van der Waals surface area contributed by atoms with E-state index in [0.29, 0.717) is 34.0 Å². The molecule has 1 heterocycles. The highest BCUT2D eigenvalue weighted by Gasteiger charge is 2.18. The number of thioether (sulfide) groups is 1. The van der Waals surface area contributed by atoms with E-state index in [1.165, 1.54) is 11.1 Å². The van der Waals surface area contributed by atoms with E-state index < -0.39 is 5.97 Å². The molecule has 0 unspecified atom stereocenters. The zero-order chi connectivity index (χ0) is 22.3. The number of carbonyl (C=O) groups excluding carboxylic acids is 2. The van der Waals surface area contributed by atoms with Crippen molar-refractivity contribution in [3.63, 3.8) is 0 Å². The van der Waals surface area contributed by atoms with Crippen LogP contribution in [0, 0.1) is 6.92 Å². The van der Waals surface area contributed by atoms with E-state index in [4.69, 9.17) is 10.8 Å². The highest BCUT2D eigenvalue weighted by molar-refractivity contribution is 9.10. The summed E-state index contributed by atoms with van der Waals surface area (Å²) in [5.41, 5.74) is 7.40. The lowest BCUT2D eigenvalue weighted by Crippen LogP contribution is -2.22. The van der Waals surface area contributed by atoms with Crippen molar-refractivity contribution in [3.8, 4) is 0 Å². The van der Waals surface area contributed by atoms with Gasteiger partial charge in [-0.3, -0.25) is 14.4 Å². The van der Waals surface area contributed by atoms with Gasteiger partial charge in [0.25, 0.3) is 0 Å². The smallest absolute Gasteiger partial charge is 0.303 e. The molecular weight excluding hydrogens is 472 g/mol. The molecule has 2 aromatic rings. The number of carboxylic acid groups (broad SMARTS) is 1. The Kier molecular flexibility index (Phi) is 8.55. The lowest BCUT2D eigenvalue weighted by atomic mass is 10.2. The average Bonchev–Trinajstić information content (AvgIpc) is 2.69. The van der Waals surface area contributed by atoms with Crippen molar-refractivity contribution in [2.45, 2.75) is 33.2 Å². The molecule has 0 bridgehead atoms. The van der Waals surface area contributed by atoms with Gasteiger partial charge in [-0.15, -0.1) is 0 Å². The summed E-state index contributed by atoms with van der Waals surface area (Å²) in [5.74, 6) is -0.227. The van der Waals surface area contributed by atoms with Crippen molar-refractivity contribution < 1.29 is 19.5 Å². The number of aryl methyl sites for hydroxylation is 1. The van der Waals surface area contributed by atoms with E-state index in [-0.39, 0.29) is 30.3 Å². The Bertz CT molecular complexity index is 997. The second-order valence-corrected chi connectivity index (χ2v) is 8.35. The van der Waals surface area contributed by atoms with Crippen LogP contribution in [-0.2, 0) is 16.1 Å². The molecule has 0 aliphatic carbocycles. The van der Waals surface area contributed by atoms with Crippen LogP contribution < -0.4 is 5.73 Å². The van der Waals surface area contributed by atoms with Crippen molar-refractivity contribution in [1.29, 1.82) is 0 Å². The summed E-state index contributed by atoms with van der Waals surface area (Å²) in [6, 6.07) is 6.90. The summed E-state index contributed by atoms with van der Waals surface area (Å²) in [4.78, 5) is 45.6. The summed E-state index contributed by atoms with van der Waals surface area (Å²) >= 11 is 4.24. The van der Waals surface area contributed by atoms with Gasteiger partial charge < -0.3 is 15.7 Å². The zero-order valence-corrected chi connectivity index (χ0v) is 18.9. The number of carbonyl (C=O) groups is 3. The molecular formula is C20H21BrN4O4S. The number of aliphatic carboxylic acids is 1. The molecule has 3 N–H and O–H groups in total. The van der Waals surface area contributed by atoms with Crippen LogP contribution in [0.5, 0.6) is 0 Å². The van der Waals surface area contributed by atoms with Crippen LogP contribution in [0.4, 0.5) is 5.82 Å². The predicted molar refractivity (Wildman–Crippen MR) is 118 cm³/mol. The minimum absolute atomic E-state index is 0.101. The number of rotatable bonds is 9. The Hall–Kier alpha value is -2.72. The lowest BCUT2D eigenvalue weighted by Gasteiger charge is -2.22. The van der Waals surface area contributed by atoms with Gasteiger partial charge >= 0.3 is 5.97 Å². The first-order chi connectivity index (χ1) is 14.2. The maximum absolute atomic E-state index is 12.7. The highest BCUT2D eigenvalue weighted by atomic mass is 79.9. The van der Waals surface area contributed by atoms with Crippen molar-refractivity contribution >= 4 is 51.0 Å². The molecule has 0 spiro atoms. The minimum atomic E-state index is -0.996. The highest BCUT2D eigenvalue weighted by Crippen LogP contribution is 2.31. The fourth-order valence-electron chi connectivity index (χ4n) is 2.53. The summed E-state index contributed by atoms with van der Waals surface area (Å²) < 4.78 is 0.756. The maximum Gasteiger partial charge on any atom is 0.303 e. The number of carboxylic acids is 1. The molecule has 1 aromatic carbocycles. The third-order valence-electron chi connectivity index (χ3n) is 4.16. The Morgan fingerprint density at radius 3 is 2.67 bits per heavy atom. The first kappa shape index (κ1) is 23.6. The molecule has 0 aliphatic rings. The first-order valence-electron chi connectivity index (χ1n) is 8.90. The first-order valence-corrected chi connectivity index (χ1v) is 10.5. The van der Waals surface area contributed by atoms with Crippen molar-refractivity contribution in [2.75, 3.05) is 5.73 Å². The van der Waals surface area contributed by atoms with Crippen LogP contribution in [0.25, 0.3) is 0 Å². The molecule has 8 nitrogen and oxygen atoms in total. The molecule has 1 aromatic heterocycles. The molecule has 0 saturated carbocycles. The van der Waals surface area contributed by atoms with E-state index in [2.05, 4.69) is 25.9 Å². The van der Waals surface area contributed by atoms with Gasteiger partial charge in [-0.2, -0.15) is 0 Å². The number of hydrogen-bond donors (Lipinski definition) is 2. The largest absolute Gasteiger partial charge is 0.481 e.